The van der Waals surface area contributed by atoms with E-state index in [2.05, 4.69) is 22.0 Å². The second kappa shape index (κ2) is 9.37. The molecule has 158 valence electrons. The van der Waals surface area contributed by atoms with Crippen molar-refractivity contribution in [1.82, 2.24) is 14.8 Å². The van der Waals surface area contributed by atoms with Crippen molar-refractivity contribution >= 4 is 38.9 Å². The van der Waals surface area contributed by atoms with E-state index in [1.807, 2.05) is 107 Å². The van der Waals surface area contributed by atoms with E-state index in [1.165, 1.54) is 11.3 Å². The number of halogens is 1. The lowest BCUT2D eigenvalue weighted by Gasteiger charge is -2.00. The SMILES string of the molecule is N#C/C(=C\c1cn(-c2ccccc2)nc1-c1ccccc1)c1nc(-c2ccc(Br)cc2)cs1. The predicted octanol–water partition coefficient (Wildman–Crippen LogP) is 7.49. The van der Waals surface area contributed by atoms with Crippen LogP contribution in [0.25, 0.3) is 39.9 Å². The number of aromatic nitrogens is 3. The molecule has 0 saturated carbocycles. The van der Waals surface area contributed by atoms with Crippen LogP contribution in [0.2, 0.25) is 0 Å². The first-order valence-corrected chi connectivity index (χ1v) is 11.9. The zero-order valence-electron chi connectivity index (χ0n) is 17.4. The predicted molar refractivity (Wildman–Crippen MR) is 138 cm³/mol. The summed E-state index contributed by atoms with van der Waals surface area (Å²) in [6.45, 7) is 0. The fourth-order valence-electron chi connectivity index (χ4n) is 3.47. The maximum atomic E-state index is 9.96. The molecule has 0 bridgehead atoms. The molecule has 0 aliphatic heterocycles. The maximum absolute atomic E-state index is 9.96. The third kappa shape index (κ3) is 4.56. The Bertz CT molecular complexity index is 1460. The molecule has 0 unspecified atom stereocenters. The summed E-state index contributed by atoms with van der Waals surface area (Å²) in [4.78, 5) is 4.73. The van der Waals surface area contributed by atoms with Crippen LogP contribution in [0.15, 0.2) is 101 Å². The van der Waals surface area contributed by atoms with Gasteiger partial charge in [-0.15, -0.1) is 11.3 Å². The molecule has 0 fully saturated rings. The summed E-state index contributed by atoms with van der Waals surface area (Å²) in [5.74, 6) is 0. The van der Waals surface area contributed by atoms with Crippen LogP contribution in [0.1, 0.15) is 10.6 Å². The molecule has 33 heavy (non-hydrogen) atoms. The van der Waals surface area contributed by atoms with Gasteiger partial charge in [0.1, 0.15) is 11.1 Å². The summed E-state index contributed by atoms with van der Waals surface area (Å²) >= 11 is 4.93. The number of hydrogen-bond donors (Lipinski definition) is 0. The number of rotatable bonds is 5. The van der Waals surface area contributed by atoms with Crippen molar-refractivity contribution in [2.24, 2.45) is 0 Å². The largest absolute Gasteiger partial charge is 0.240 e. The van der Waals surface area contributed by atoms with Gasteiger partial charge in [-0.3, -0.25) is 0 Å². The van der Waals surface area contributed by atoms with Gasteiger partial charge >= 0.3 is 0 Å². The third-order valence-corrected chi connectivity index (χ3v) is 6.51. The summed E-state index contributed by atoms with van der Waals surface area (Å²) in [6.07, 6.45) is 3.83. The van der Waals surface area contributed by atoms with E-state index < -0.39 is 0 Å². The molecule has 0 aliphatic rings. The molecule has 2 heterocycles. The van der Waals surface area contributed by atoms with Crippen LogP contribution in [0.5, 0.6) is 0 Å². The quantitative estimate of drug-likeness (QED) is 0.231. The van der Waals surface area contributed by atoms with Gasteiger partial charge in [0, 0.05) is 32.7 Å². The average molecular weight is 509 g/mol. The molecule has 4 nitrogen and oxygen atoms in total. The summed E-state index contributed by atoms with van der Waals surface area (Å²) in [6, 6.07) is 30.3. The highest BCUT2D eigenvalue weighted by Gasteiger charge is 2.14. The molecule has 2 aromatic heterocycles. The zero-order chi connectivity index (χ0) is 22.6. The van der Waals surface area contributed by atoms with Crippen molar-refractivity contribution in [1.29, 1.82) is 5.26 Å². The highest BCUT2D eigenvalue weighted by atomic mass is 79.9. The van der Waals surface area contributed by atoms with Crippen molar-refractivity contribution in [3.05, 3.63) is 112 Å². The fourth-order valence-corrected chi connectivity index (χ4v) is 4.53. The minimum absolute atomic E-state index is 0.508. The second-order valence-corrected chi connectivity index (χ2v) is 9.07. The smallest absolute Gasteiger partial charge is 0.134 e. The van der Waals surface area contributed by atoms with E-state index in [0.29, 0.717) is 10.6 Å². The van der Waals surface area contributed by atoms with Gasteiger partial charge in [-0.1, -0.05) is 76.6 Å². The topological polar surface area (TPSA) is 54.5 Å². The first-order valence-electron chi connectivity index (χ1n) is 10.3. The molecular formula is C27H17BrN4S. The summed E-state index contributed by atoms with van der Waals surface area (Å²) in [5.41, 5.74) is 6.00. The number of allylic oxidation sites excluding steroid dienone is 1. The van der Waals surface area contributed by atoms with Gasteiger partial charge in [-0.05, 0) is 30.3 Å². The van der Waals surface area contributed by atoms with Gasteiger partial charge in [0.05, 0.1) is 22.6 Å². The lowest BCUT2D eigenvalue weighted by atomic mass is 10.1. The molecule has 0 aliphatic carbocycles. The normalized spacial score (nSPS) is 11.3. The molecule has 0 saturated heterocycles. The Morgan fingerprint density at radius 3 is 2.30 bits per heavy atom. The fraction of sp³-hybridized carbons (Fsp3) is 0. The maximum Gasteiger partial charge on any atom is 0.134 e. The van der Waals surface area contributed by atoms with Crippen LogP contribution in [-0.4, -0.2) is 14.8 Å². The van der Waals surface area contributed by atoms with E-state index in [4.69, 9.17) is 10.1 Å². The van der Waals surface area contributed by atoms with E-state index in [9.17, 15) is 5.26 Å². The van der Waals surface area contributed by atoms with Crippen molar-refractivity contribution in [3.8, 4) is 34.3 Å². The van der Waals surface area contributed by atoms with Gasteiger partial charge in [-0.25, -0.2) is 9.67 Å². The van der Waals surface area contributed by atoms with Crippen LogP contribution >= 0.6 is 27.3 Å². The second-order valence-electron chi connectivity index (χ2n) is 7.29. The first-order chi connectivity index (χ1) is 16.2. The molecule has 3 aromatic carbocycles. The molecule has 6 heteroatoms. The lowest BCUT2D eigenvalue weighted by molar-refractivity contribution is 0.884. The summed E-state index contributed by atoms with van der Waals surface area (Å²) in [5, 5.41) is 17.5. The molecule has 0 radical (unpaired) electrons. The molecule has 0 spiro atoms. The number of benzene rings is 3. The minimum Gasteiger partial charge on any atom is -0.240 e. The van der Waals surface area contributed by atoms with Crippen LogP contribution in [0.3, 0.4) is 0 Å². The molecule has 0 atom stereocenters. The van der Waals surface area contributed by atoms with E-state index in [0.717, 1.165) is 38.2 Å². The van der Waals surface area contributed by atoms with E-state index >= 15 is 0 Å². The summed E-state index contributed by atoms with van der Waals surface area (Å²) in [7, 11) is 0. The number of nitrogens with zero attached hydrogens (tertiary/aromatic N) is 4. The number of hydrogen-bond acceptors (Lipinski definition) is 4. The highest BCUT2D eigenvalue weighted by Crippen LogP contribution is 2.31. The third-order valence-electron chi connectivity index (χ3n) is 5.11. The van der Waals surface area contributed by atoms with Crippen molar-refractivity contribution in [3.63, 3.8) is 0 Å². The molecule has 0 N–H and O–H groups in total. The van der Waals surface area contributed by atoms with Gasteiger partial charge in [0.25, 0.3) is 0 Å². The molecule has 0 amide bonds. The van der Waals surface area contributed by atoms with Gasteiger partial charge in [0.2, 0.25) is 0 Å². The monoisotopic (exact) mass is 508 g/mol. The van der Waals surface area contributed by atoms with Crippen molar-refractivity contribution in [2.75, 3.05) is 0 Å². The average Bonchev–Trinajstić information content (AvgIpc) is 3.52. The zero-order valence-corrected chi connectivity index (χ0v) is 19.8. The first kappa shape index (κ1) is 21.1. The Hall–Kier alpha value is -3.79. The van der Waals surface area contributed by atoms with Crippen LogP contribution in [0.4, 0.5) is 0 Å². The van der Waals surface area contributed by atoms with E-state index in [-0.39, 0.29) is 0 Å². The van der Waals surface area contributed by atoms with Gasteiger partial charge in [0.15, 0.2) is 0 Å². The minimum atomic E-state index is 0.508. The Labute approximate surface area is 204 Å². The molecule has 5 aromatic rings. The molecule has 5 rings (SSSR count). The van der Waals surface area contributed by atoms with Crippen molar-refractivity contribution in [2.45, 2.75) is 0 Å². The Morgan fingerprint density at radius 1 is 0.909 bits per heavy atom. The summed E-state index contributed by atoms with van der Waals surface area (Å²) < 4.78 is 2.86. The van der Waals surface area contributed by atoms with Crippen molar-refractivity contribution < 1.29 is 0 Å². The van der Waals surface area contributed by atoms with Crippen LogP contribution in [0, 0.1) is 11.3 Å². The highest BCUT2D eigenvalue weighted by molar-refractivity contribution is 9.10. The standard InChI is InChI=1S/C27H17BrN4S/c28-23-13-11-19(12-14-23)25-18-33-27(30-25)21(16-29)15-22-17-32(24-9-5-2-6-10-24)31-26(22)20-7-3-1-4-8-20/h1-15,17-18H/b21-15+. The number of para-hydroxylation sites is 1. The van der Waals surface area contributed by atoms with Gasteiger partial charge in [-0.2, -0.15) is 10.4 Å². The van der Waals surface area contributed by atoms with Crippen LogP contribution in [-0.2, 0) is 0 Å². The Morgan fingerprint density at radius 2 is 1.61 bits per heavy atom. The Balaban J connectivity index is 1.58. The lowest BCUT2D eigenvalue weighted by Crippen LogP contribution is -1.93. The number of thiazole rings is 1. The Kier molecular flexibility index (Phi) is 5.99. The van der Waals surface area contributed by atoms with Crippen LogP contribution < -0.4 is 0 Å². The van der Waals surface area contributed by atoms with E-state index in [1.54, 1.807) is 0 Å². The van der Waals surface area contributed by atoms with Gasteiger partial charge < -0.3 is 0 Å². The molecular weight excluding hydrogens is 492 g/mol. The number of nitriles is 1.